The van der Waals surface area contributed by atoms with E-state index in [2.05, 4.69) is 15.2 Å². The maximum Gasteiger partial charge on any atom is 0.237 e. The van der Waals surface area contributed by atoms with Gasteiger partial charge in [0.05, 0.1) is 24.0 Å². The minimum Gasteiger partial charge on any atom is -0.476 e. The molecule has 0 amide bonds. The molecule has 0 saturated heterocycles. The zero-order chi connectivity index (χ0) is 12.1. The van der Waals surface area contributed by atoms with Crippen LogP contribution in [0.25, 0.3) is 0 Å². The van der Waals surface area contributed by atoms with Gasteiger partial charge in [-0.05, 0) is 13.0 Å². The molecule has 0 unspecified atom stereocenters. The topological polar surface area (TPSA) is 73.9 Å². The molecule has 0 saturated carbocycles. The summed E-state index contributed by atoms with van der Waals surface area (Å²) in [6.07, 6.45) is 2.44. The van der Waals surface area contributed by atoms with Gasteiger partial charge in [0.15, 0.2) is 0 Å². The number of hydrogen-bond donors (Lipinski definition) is 1. The van der Waals surface area contributed by atoms with E-state index in [9.17, 15) is 0 Å². The fourth-order valence-corrected chi connectivity index (χ4v) is 2.19. The molecule has 5 nitrogen and oxygen atoms in total. The van der Waals surface area contributed by atoms with Gasteiger partial charge in [-0.1, -0.05) is 0 Å². The highest BCUT2D eigenvalue weighted by molar-refractivity contribution is 7.09. The number of aromatic nitrogens is 3. The van der Waals surface area contributed by atoms with Gasteiger partial charge in [0.25, 0.3) is 0 Å². The second-order valence-electron chi connectivity index (χ2n) is 3.53. The van der Waals surface area contributed by atoms with Gasteiger partial charge in [0.1, 0.15) is 0 Å². The third-order valence-corrected chi connectivity index (χ3v) is 3.39. The van der Waals surface area contributed by atoms with E-state index in [0.717, 1.165) is 17.7 Å². The maximum atomic E-state index is 5.59. The van der Waals surface area contributed by atoms with E-state index >= 15 is 0 Å². The van der Waals surface area contributed by atoms with Crippen molar-refractivity contribution in [3.63, 3.8) is 0 Å². The van der Waals surface area contributed by atoms with Gasteiger partial charge in [0, 0.05) is 23.4 Å². The van der Waals surface area contributed by atoms with E-state index in [4.69, 9.17) is 10.5 Å². The van der Waals surface area contributed by atoms with Crippen LogP contribution in [-0.2, 0) is 13.0 Å². The smallest absolute Gasteiger partial charge is 0.237 e. The lowest BCUT2D eigenvalue weighted by atomic mass is 10.3. The first-order valence-electron chi connectivity index (χ1n) is 5.33. The summed E-state index contributed by atoms with van der Waals surface area (Å²) in [7, 11) is 0. The Labute approximate surface area is 104 Å². The second-order valence-corrected chi connectivity index (χ2v) is 4.46. The van der Waals surface area contributed by atoms with Crippen LogP contribution in [0.5, 0.6) is 5.88 Å². The summed E-state index contributed by atoms with van der Waals surface area (Å²) in [5.74, 6) is 0.525. The van der Waals surface area contributed by atoms with Crippen molar-refractivity contribution < 1.29 is 4.74 Å². The first-order chi connectivity index (χ1) is 8.31. The van der Waals surface area contributed by atoms with Crippen LogP contribution < -0.4 is 10.5 Å². The normalized spacial score (nSPS) is 10.5. The number of rotatable bonds is 5. The molecule has 0 aromatic carbocycles. The van der Waals surface area contributed by atoms with Gasteiger partial charge < -0.3 is 10.5 Å². The van der Waals surface area contributed by atoms with Crippen molar-refractivity contribution in [1.29, 1.82) is 0 Å². The zero-order valence-electron chi connectivity index (χ0n) is 9.59. The fourth-order valence-electron chi connectivity index (χ4n) is 1.43. The summed E-state index contributed by atoms with van der Waals surface area (Å²) in [6, 6.07) is 1.82. The molecule has 2 rings (SSSR count). The fraction of sp³-hybridized carbons (Fsp3) is 0.364. The van der Waals surface area contributed by atoms with E-state index in [1.807, 2.05) is 18.5 Å². The number of nitrogens with zero attached hydrogens (tertiary/aromatic N) is 3. The van der Waals surface area contributed by atoms with Crippen LogP contribution in [0.4, 0.5) is 0 Å². The van der Waals surface area contributed by atoms with E-state index in [1.54, 1.807) is 17.5 Å². The van der Waals surface area contributed by atoms with E-state index < -0.39 is 0 Å². The zero-order valence-corrected chi connectivity index (χ0v) is 10.4. The molecule has 17 heavy (non-hydrogen) atoms. The third-order valence-electron chi connectivity index (χ3n) is 2.40. The maximum absolute atomic E-state index is 5.59. The molecule has 0 spiro atoms. The lowest BCUT2D eigenvalue weighted by molar-refractivity contribution is 0.303. The summed E-state index contributed by atoms with van der Waals surface area (Å²) in [6.45, 7) is 2.97. The van der Waals surface area contributed by atoms with Gasteiger partial charge in [0.2, 0.25) is 5.88 Å². The molecule has 2 aromatic rings. The van der Waals surface area contributed by atoms with Gasteiger partial charge in [-0.15, -0.1) is 16.4 Å². The van der Waals surface area contributed by atoms with Crippen molar-refractivity contribution in [3.8, 4) is 5.88 Å². The Balaban J connectivity index is 1.92. The lowest BCUT2D eigenvalue weighted by Crippen LogP contribution is -2.08. The van der Waals surface area contributed by atoms with E-state index in [1.165, 1.54) is 4.88 Å². The Morgan fingerprint density at radius 1 is 1.47 bits per heavy atom. The van der Waals surface area contributed by atoms with Crippen molar-refractivity contribution >= 4 is 11.3 Å². The Bertz CT molecular complexity index is 486. The van der Waals surface area contributed by atoms with Crippen LogP contribution in [0.2, 0.25) is 0 Å². The molecule has 0 aliphatic heterocycles. The van der Waals surface area contributed by atoms with Crippen molar-refractivity contribution in [2.24, 2.45) is 5.73 Å². The minimum atomic E-state index is 0.407. The van der Waals surface area contributed by atoms with Gasteiger partial charge in [-0.25, -0.2) is 4.98 Å². The van der Waals surface area contributed by atoms with E-state index in [-0.39, 0.29) is 0 Å². The number of ether oxygens (including phenoxy) is 1. The first kappa shape index (κ1) is 11.9. The van der Waals surface area contributed by atoms with Gasteiger partial charge >= 0.3 is 0 Å². The average Bonchev–Trinajstić information content (AvgIpc) is 2.76. The molecular weight excluding hydrogens is 236 g/mol. The van der Waals surface area contributed by atoms with Crippen LogP contribution in [0.1, 0.15) is 16.1 Å². The largest absolute Gasteiger partial charge is 0.476 e. The number of aryl methyl sites for hydroxylation is 1. The Morgan fingerprint density at radius 2 is 2.35 bits per heavy atom. The highest BCUT2D eigenvalue weighted by Gasteiger charge is 2.05. The van der Waals surface area contributed by atoms with Crippen LogP contribution in [0.15, 0.2) is 17.8 Å². The number of hydrogen-bond acceptors (Lipinski definition) is 6. The van der Waals surface area contributed by atoms with Crippen LogP contribution in [0, 0.1) is 6.92 Å². The molecule has 0 aliphatic carbocycles. The highest BCUT2D eigenvalue weighted by Crippen LogP contribution is 2.15. The SMILES string of the molecule is Cc1ncsc1CCOc1nnccc1CN. The molecule has 90 valence electrons. The first-order valence-corrected chi connectivity index (χ1v) is 6.21. The lowest BCUT2D eigenvalue weighted by Gasteiger charge is -2.07. The predicted molar refractivity (Wildman–Crippen MR) is 66.0 cm³/mol. The molecule has 6 heteroatoms. The summed E-state index contributed by atoms with van der Waals surface area (Å²) in [5, 5.41) is 7.71. The number of thiazole rings is 1. The molecule has 0 fully saturated rings. The summed E-state index contributed by atoms with van der Waals surface area (Å²) in [5.41, 5.74) is 9.37. The quantitative estimate of drug-likeness (QED) is 0.866. The van der Waals surface area contributed by atoms with Gasteiger partial charge in [-0.2, -0.15) is 5.10 Å². The second kappa shape index (κ2) is 5.70. The van der Waals surface area contributed by atoms with Crippen LogP contribution in [-0.4, -0.2) is 21.8 Å². The molecule has 0 radical (unpaired) electrons. The Kier molecular flexibility index (Phi) is 4.00. The molecular formula is C11H14N4OS. The summed E-state index contributed by atoms with van der Waals surface area (Å²) < 4.78 is 5.58. The Morgan fingerprint density at radius 3 is 3.06 bits per heavy atom. The molecule has 0 bridgehead atoms. The Hall–Kier alpha value is -1.53. The third kappa shape index (κ3) is 2.98. The molecule has 2 aromatic heterocycles. The van der Waals surface area contributed by atoms with Gasteiger partial charge in [-0.3, -0.25) is 0 Å². The van der Waals surface area contributed by atoms with Crippen LogP contribution >= 0.6 is 11.3 Å². The standard InChI is InChI=1S/C11H14N4OS/c1-8-10(17-7-13-8)3-5-16-11-9(6-12)2-4-14-15-11/h2,4,7H,3,5-6,12H2,1H3. The molecule has 0 aliphatic rings. The highest BCUT2D eigenvalue weighted by atomic mass is 32.1. The van der Waals surface area contributed by atoms with Crippen molar-refractivity contribution in [2.75, 3.05) is 6.61 Å². The molecule has 0 atom stereocenters. The van der Waals surface area contributed by atoms with Crippen molar-refractivity contribution in [3.05, 3.63) is 33.9 Å². The minimum absolute atomic E-state index is 0.407. The summed E-state index contributed by atoms with van der Waals surface area (Å²) in [4.78, 5) is 5.43. The van der Waals surface area contributed by atoms with Crippen LogP contribution in [0.3, 0.4) is 0 Å². The average molecular weight is 250 g/mol. The molecule has 2 N–H and O–H groups in total. The monoisotopic (exact) mass is 250 g/mol. The van der Waals surface area contributed by atoms with Crippen molar-refractivity contribution in [2.45, 2.75) is 19.9 Å². The molecule has 2 heterocycles. The summed E-state index contributed by atoms with van der Waals surface area (Å²) >= 11 is 1.64. The number of nitrogens with two attached hydrogens (primary N) is 1. The predicted octanol–water partition coefficient (Wildman–Crippen LogP) is 1.32. The van der Waals surface area contributed by atoms with E-state index in [0.29, 0.717) is 19.0 Å². The van der Waals surface area contributed by atoms with Crippen molar-refractivity contribution in [1.82, 2.24) is 15.2 Å².